The molecule has 0 bridgehead atoms. The largest absolute Gasteiger partial charge is 0.493 e. The van der Waals surface area contributed by atoms with Gasteiger partial charge in [0.05, 0.1) is 12.7 Å². The first-order valence-corrected chi connectivity index (χ1v) is 8.51. The highest BCUT2D eigenvalue weighted by atomic mass is 19.4. The van der Waals surface area contributed by atoms with E-state index < -0.39 is 35.9 Å². The standard InChI is InChI=1S/C20H18F4N2O4/c1-29-17-8-12(2-6-16(17)30-11-18(25)27)3-7-19(28)26-10-13-4-5-14(21)9-15(13)20(22,23)24/h2-9H,10-11H2,1H3,(H2,25,27)(H,26,28)/b7-3+. The van der Waals surface area contributed by atoms with Gasteiger partial charge in [-0.15, -0.1) is 0 Å². The summed E-state index contributed by atoms with van der Waals surface area (Å²) in [5, 5.41) is 2.32. The second-order valence-electron chi connectivity index (χ2n) is 6.02. The Balaban J connectivity index is 2.04. The van der Waals surface area contributed by atoms with Gasteiger partial charge in [0.15, 0.2) is 18.1 Å². The maximum atomic E-state index is 13.1. The molecule has 10 heteroatoms. The van der Waals surface area contributed by atoms with Gasteiger partial charge in [0, 0.05) is 12.6 Å². The number of halogens is 4. The van der Waals surface area contributed by atoms with Crippen molar-refractivity contribution in [3.8, 4) is 11.5 Å². The number of methoxy groups -OCH3 is 1. The highest BCUT2D eigenvalue weighted by Gasteiger charge is 2.33. The fourth-order valence-electron chi connectivity index (χ4n) is 2.44. The molecule has 2 rings (SSSR count). The predicted octanol–water partition coefficient (Wildman–Crippen LogP) is 3.05. The molecule has 0 heterocycles. The third-order valence-electron chi connectivity index (χ3n) is 3.82. The Kier molecular flexibility index (Phi) is 7.40. The Morgan fingerprint density at radius 2 is 1.87 bits per heavy atom. The van der Waals surface area contributed by atoms with Crippen LogP contribution in [0.25, 0.3) is 6.08 Å². The average Bonchev–Trinajstić information content (AvgIpc) is 2.69. The van der Waals surface area contributed by atoms with E-state index in [2.05, 4.69) is 5.32 Å². The normalized spacial score (nSPS) is 11.4. The van der Waals surface area contributed by atoms with Crippen LogP contribution in [0, 0.1) is 5.82 Å². The number of hydrogen-bond acceptors (Lipinski definition) is 4. The summed E-state index contributed by atoms with van der Waals surface area (Å²) in [5.74, 6) is -1.77. The molecule has 0 aliphatic carbocycles. The van der Waals surface area contributed by atoms with Crippen molar-refractivity contribution in [1.29, 1.82) is 0 Å². The smallest absolute Gasteiger partial charge is 0.416 e. The fraction of sp³-hybridized carbons (Fsp3) is 0.200. The Bertz CT molecular complexity index is 958. The summed E-state index contributed by atoms with van der Waals surface area (Å²) in [6, 6.07) is 6.85. The molecule has 6 nitrogen and oxygen atoms in total. The van der Waals surface area contributed by atoms with Crippen LogP contribution in [-0.2, 0) is 22.3 Å². The van der Waals surface area contributed by atoms with Gasteiger partial charge in [-0.25, -0.2) is 4.39 Å². The Labute approximate surface area is 169 Å². The van der Waals surface area contributed by atoms with Crippen LogP contribution in [0.4, 0.5) is 17.6 Å². The maximum Gasteiger partial charge on any atom is 0.416 e. The zero-order valence-electron chi connectivity index (χ0n) is 15.8. The quantitative estimate of drug-likeness (QED) is 0.502. The third-order valence-corrected chi connectivity index (χ3v) is 3.82. The number of alkyl halides is 3. The van der Waals surface area contributed by atoms with Crippen LogP contribution in [0.2, 0.25) is 0 Å². The second-order valence-corrected chi connectivity index (χ2v) is 6.02. The lowest BCUT2D eigenvalue weighted by atomic mass is 10.1. The zero-order chi connectivity index (χ0) is 22.3. The molecule has 160 valence electrons. The molecule has 0 aliphatic rings. The molecule has 0 atom stereocenters. The molecular formula is C20H18F4N2O4. The summed E-state index contributed by atoms with van der Waals surface area (Å²) in [6.45, 7) is -0.765. The molecule has 0 saturated carbocycles. The lowest BCUT2D eigenvalue weighted by Gasteiger charge is -2.13. The van der Waals surface area contributed by atoms with E-state index >= 15 is 0 Å². The van der Waals surface area contributed by atoms with Gasteiger partial charge in [-0.05, 0) is 41.5 Å². The van der Waals surface area contributed by atoms with E-state index in [1.54, 1.807) is 6.07 Å². The van der Waals surface area contributed by atoms with Gasteiger partial charge in [0.25, 0.3) is 5.91 Å². The predicted molar refractivity (Wildman–Crippen MR) is 100.0 cm³/mol. The number of rotatable bonds is 8. The molecular weight excluding hydrogens is 408 g/mol. The van der Waals surface area contributed by atoms with Crippen LogP contribution < -0.4 is 20.5 Å². The van der Waals surface area contributed by atoms with E-state index in [1.165, 1.54) is 25.3 Å². The van der Waals surface area contributed by atoms with Crippen molar-refractivity contribution in [3.63, 3.8) is 0 Å². The highest BCUT2D eigenvalue weighted by Crippen LogP contribution is 2.32. The Morgan fingerprint density at radius 1 is 1.13 bits per heavy atom. The van der Waals surface area contributed by atoms with Crippen molar-refractivity contribution >= 4 is 17.9 Å². The Morgan fingerprint density at radius 3 is 2.50 bits per heavy atom. The first-order valence-electron chi connectivity index (χ1n) is 8.51. The van der Waals surface area contributed by atoms with Crippen molar-refractivity contribution in [2.45, 2.75) is 12.7 Å². The number of nitrogens with one attached hydrogen (secondary N) is 1. The molecule has 0 unspecified atom stereocenters. The van der Waals surface area contributed by atoms with Gasteiger partial charge in [-0.3, -0.25) is 9.59 Å². The minimum absolute atomic E-state index is 0.261. The monoisotopic (exact) mass is 426 g/mol. The van der Waals surface area contributed by atoms with Gasteiger partial charge < -0.3 is 20.5 Å². The van der Waals surface area contributed by atoms with Crippen LogP contribution in [0.1, 0.15) is 16.7 Å². The number of amides is 2. The summed E-state index contributed by atoms with van der Waals surface area (Å²) in [4.78, 5) is 22.7. The molecule has 0 aromatic heterocycles. The van der Waals surface area contributed by atoms with Crippen molar-refractivity contribution in [2.24, 2.45) is 5.73 Å². The zero-order valence-corrected chi connectivity index (χ0v) is 15.8. The van der Waals surface area contributed by atoms with Crippen molar-refractivity contribution in [1.82, 2.24) is 5.32 Å². The third kappa shape index (κ3) is 6.50. The van der Waals surface area contributed by atoms with Crippen LogP contribution in [-0.4, -0.2) is 25.5 Å². The molecule has 30 heavy (non-hydrogen) atoms. The van der Waals surface area contributed by atoms with Crippen LogP contribution in [0.5, 0.6) is 11.5 Å². The van der Waals surface area contributed by atoms with Crippen molar-refractivity contribution < 1.29 is 36.6 Å². The first-order chi connectivity index (χ1) is 14.1. The molecule has 3 N–H and O–H groups in total. The summed E-state index contributed by atoms with van der Waals surface area (Å²) in [7, 11) is 1.38. The number of carbonyl (C=O) groups is 2. The summed E-state index contributed by atoms with van der Waals surface area (Å²) in [6.07, 6.45) is -2.21. The van der Waals surface area contributed by atoms with Crippen molar-refractivity contribution in [2.75, 3.05) is 13.7 Å². The van der Waals surface area contributed by atoms with E-state index in [4.69, 9.17) is 15.2 Å². The number of ether oxygens (including phenoxy) is 2. The molecule has 0 saturated heterocycles. The van der Waals surface area contributed by atoms with Gasteiger partial charge in [0.2, 0.25) is 5.91 Å². The van der Waals surface area contributed by atoms with Gasteiger partial charge in [-0.1, -0.05) is 12.1 Å². The van der Waals surface area contributed by atoms with Gasteiger partial charge in [-0.2, -0.15) is 13.2 Å². The Hall–Kier alpha value is -3.56. The molecule has 2 aromatic carbocycles. The van der Waals surface area contributed by atoms with Crippen LogP contribution in [0.3, 0.4) is 0 Å². The molecule has 0 fully saturated rings. The SMILES string of the molecule is COc1cc(/C=C/C(=O)NCc2ccc(F)cc2C(F)(F)F)ccc1OCC(N)=O. The van der Waals surface area contributed by atoms with E-state index in [0.29, 0.717) is 17.4 Å². The number of primary amides is 1. The minimum atomic E-state index is -4.74. The van der Waals surface area contributed by atoms with E-state index in [1.807, 2.05) is 0 Å². The summed E-state index contributed by atoms with van der Waals surface area (Å²) in [5.41, 5.74) is 4.14. The minimum Gasteiger partial charge on any atom is -0.493 e. The van der Waals surface area contributed by atoms with Crippen LogP contribution >= 0.6 is 0 Å². The first kappa shape index (κ1) is 22.7. The van der Waals surface area contributed by atoms with Gasteiger partial charge >= 0.3 is 6.18 Å². The molecule has 0 radical (unpaired) electrons. The number of benzene rings is 2. The van der Waals surface area contributed by atoms with Crippen LogP contribution in [0.15, 0.2) is 42.5 Å². The van der Waals surface area contributed by atoms with E-state index in [9.17, 15) is 27.2 Å². The van der Waals surface area contributed by atoms with Gasteiger partial charge in [0.1, 0.15) is 5.82 Å². The number of carbonyl (C=O) groups excluding carboxylic acids is 2. The number of nitrogens with two attached hydrogens (primary N) is 1. The second kappa shape index (κ2) is 9.77. The number of hydrogen-bond donors (Lipinski definition) is 2. The fourth-order valence-corrected chi connectivity index (χ4v) is 2.44. The summed E-state index contributed by atoms with van der Waals surface area (Å²) >= 11 is 0. The van der Waals surface area contributed by atoms with E-state index in [0.717, 1.165) is 18.2 Å². The average molecular weight is 426 g/mol. The van der Waals surface area contributed by atoms with E-state index in [-0.39, 0.29) is 17.9 Å². The van der Waals surface area contributed by atoms with Crippen molar-refractivity contribution in [3.05, 3.63) is 65.0 Å². The highest BCUT2D eigenvalue weighted by molar-refractivity contribution is 5.91. The molecule has 2 aromatic rings. The lowest BCUT2D eigenvalue weighted by Crippen LogP contribution is -2.22. The maximum absolute atomic E-state index is 13.1. The molecule has 2 amide bonds. The summed E-state index contributed by atoms with van der Waals surface area (Å²) < 4.78 is 62.4. The molecule has 0 spiro atoms. The lowest BCUT2D eigenvalue weighted by molar-refractivity contribution is -0.138. The topological polar surface area (TPSA) is 90.7 Å². The molecule has 0 aliphatic heterocycles.